The first kappa shape index (κ1) is 19.0. The van der Waals surface area contributed by atoms with E-state index in [0.717, 1.165) is 0 Å². The minimum Gasteiger partial charge on any atom is -0.493 e. The standard InChI is InChI=1S/C20H18N2O6/c1-26-17-8-12(9-18(27-2)20(17)28-3)14-10-21-11-15(14)19(23)13-6-4-5-7-16(13)22(24)25/h4-11,21H,1-3H3. The van der Waals surface area contributed by atoms with Crippen molar-refractivity contribution in [1.29, 1.82) is 0 Å². The van der Waals surface area contributed by atoms with Gasteiger partial charge in [-0.05, 0) is 23.8 Å². The Balaban J connectivity index is 2.13. The minimum atomic E-state index is -0.570. The first-order valence-corrected chi connectivity index (χ1v) is 8.27. The molecule has 0 radical (unpaired) electrons. The van der Waals surface area contributed by atoms with Gasteiger partial charge in [-0.25, -0.2) is 0 Å². The van der Waals surface area contributed by atoms with Gasteiger partial charge in [0, 0.05) is 29.6 Å². The molecule has 1 N–H and O–H groups in total. The third-order valence-corrected chi connectivity index (χ3v) is 4.31. The average Bonchev–Trinajstić information content (AvgIpc) is 3.21. The second-order valence-electron chi connectivity index (χ2n) is 5.80. The summed E-state index contributed by atoms with van der Waals surface area (Å²) in [5, 5.41) is 11.3. The van der Waals surface area contributed by atoms with Crippen LogP contribution in [-0.4, -0.2) is 37.0 Å². The van der Waals surface area contributed by atoms with Crippen LogP contribution in [0.15, 0.2) is 48.8 Å². The van der Waals surface area contributed by atoms with Gasteiger partial charge < -0.3 is 19.2 Å². The van der Waals surface area contributed by atoms with Crippen LogP contribution in [-0.2, 0) is 0 Å². The fraction of sp³-hybridized carbons (Fsp3) is 0.150. The van der Waals surface area contributed by atoms with E-state index in [1.54, 1.807) is 24.4 Å². The first-order valence-electron chi connectivity index (χ1n) is 8.27. The van der Waals surface area contributed by atoms with Crippen molar-refractivity contribution in [2.75, 3.05) is 21.3 Å². The molecule has 2 aromatic carbocycles. The number of hydrogen-bond acceptors (Lipinski definition) is 6. The van der Waals surface area contributed by atoms with Crippen LogP contribution >= 0.6 is 0 Å². The Morgan fingerprint density at radius 3 is 2.18 bits per heavy atom. The number of aromatic amines is 1. The van der Waals surface area contributed by atoms with Crippen molar-refractivity contribution in [2.24, 2.45) is 0 Å². The van der Waals surface area contributed by atoms with Crippen molar-refractivity contribution in [3.63, 3.8) is 0 Å². The van der Waals surface area contributed by atoms with E-state index in [1.807, 2.05) is 0 Å². The predicted octanol–water partition coefficient (Wildman–Crippen LogP) is 3.85. The van der Waals surface area contributed by atoms with Gasteiger partial charge in [0.15, 0.2) is 11.5 Å². The number of nitrogens with one attached hydrogen (secondary N) is 1. The molecule has 144 valence electrons. The van der Waals surface area contributed by atoms with Crippen molar-refractivity contribution in [3.05, 3.63) is 70.0 Å². The van der Waals surface area contributed by atoms with E-state index >= 15 is 0 Å². The molecule has 3 aromatic rings. The molecule has 0 unspecified atom stereocenters. The fourth-order valence-corrected chi connectivity index (χ4v) is 3.00. The summed E-state index contributed by atoms with van der Waals surface area (Å²) in [6, 6.07) is 9.27. The van der Waals surface area contributed by atoms with Crippen LogP contribution in [0.2, 0.25) is 0 Å². The number of methoxy groups -OCH3 is 3. The summed E-state index contributed by atoms with van der Waals surface area (Å²) >= 11 is 0. The number of hydrogen-bond donors (Lipinski definition) is 1. The number of aromatic nitrogens is 1. The summed E-state index contributed by atoms with van der Waals surface area (Å²) in [6.07, 6.45) is 3.15. The van der Waals surface area contributed by atoms with Gasteiger partial charge in [0.25, 0.3) is 5.69 Å². The second kappa shape index (κ2) is 7.83. The zero-order valence-corrected chi connectivity index (χ0v) is 15.5. The topological polar surface area (TPSA) is 104 Å². The molecule has 8 heteroatoms. The summed E-state index contributed by atoms with van der Waals surface area (Å²) in [5.74, 6) is 0.831. The van der Waals surface area contributed by atoms with Gasteiger partial charge in [-0.3, -0.25) is 14.9 Å². The Hall–Kier alpha value is -3.81. The monoisotopic (exact) mass is 382 g/mol. The Labute approximate surface area is 160 Å². The number of carbonyl (C=O) groups is 1. The maximum Gasteiger partial charge on any atom is 0.280 e. The number of rotatable bonds is 7. The molecule has 0 fully saturated rings. The Bertz CT molecular complexity index is 1020. The highest BCUT2D eigenvalue weighted by molar-refractivity contribution is 6.15. The molecule has 8 nitrogen and oxygen atoms in total. The molecule has 0 amide bonds. The molecule has 0 atom stereocenters. The summed E-state index contributed by atoms with van der Waals surface area (Å²) in [5.41, 5.74) is 1.26. The largest absolute Gasteiger partial charge is 0.493 e. The summed E-state index contributed by atoms with van der Waals surface area (Å²) in [6.45, 7) is 0. The van der Waals surface area contributed by atoms with E-state index in [9.17, 15) is 14.9 Å². The summed E-state index contributed by atoms with van der Waals surface area (Å²) in [4.78, 5) is 26.7. The van der Waals surface area contributed by atoms with E-state index in [1.165, 1.54) is 45.7 Å². The number of H-pyrrole nitrogens is 1. The van der Waals surface area contributed by atoms with E-state index in [-0.39, 0.29) is 11.3 Å². The van der Waals surface area contributed by atoms with Crippen LogP contribution in [0, 0.1) is 10.1 Å². The molecule has 0 aliphatic carbocycles. The third kappa shape index (κ3) is 3.27. The maximum absolute atomic E-state index is 13.0. The van der Waals surface area contributed by atoms with Gasteiger partial charge >= 0.3 is 0 Å². The number of para-hydroxylation sites is 1. The SMILES string of the molecule is COc1cc(-c2c[nH]cc2C(=O)c2ccccc2[N+](=O)[O-])cc(OC)c1OC. The molecular formula is C20H18N2O6. The van der Waals surface area contributed by atoms with Gasteiger partial charge in [-0.2, -0.15) is 0 Å². The lowest BCUT2D eigenvalue weighted by Gasteiger charge is -2.14. The molecule has 0 saturated carbocycles. The van der Waals surface area contributed by atoms with Crippen molar-refractivity contribution >= 4 is 11.5 Å². The molecule has 0 aliphatic rings. The fourth-order valence-electron chi connectivity index (χ4n) is 3.00. The smallest absolute Gasteiger partial charge is 0.280 e. The Morgan fingerprint density at radius 2 is 1.61 bits per heavy atom. The van der Waals surface area contributed by atoms with Crippen molar-refractivity contribution in [1.82, 2.24) is 4.98 Å². The number of nitro benzene ring substituents is 1. The van der Waals surface area contributed by atoms with E-state index in [2.05, 4.69) is 4.98 Å². The van der Waals surface area contributed by atoms with Gasteiger partial charge in [0.05, 0.1) is 26.3 Å². The van der Waals surface area contributed by atoms with Crippen molar-refractivity contribution < 1.29 is 23.9 Å². The highest BCUT2D eigenvalue weighted by atomic mass is 16.6. The molecule has 28 heavy (non-hydrogen) atoms. The number of carbonyl (C=O) groups excluding carboxylic acids is 1. The van der Waals surface area contributed by atoms with Crippen LogP contribution < -0.4 is 14.2 Å². The van der Waals surface area contributed by atoms with Crippen LogP contribution in [0.25, 0.3) is 11.1 Å². The molecule has 0 saturated heterocycles. The van der Waals surface area contributed by atoms with E-state index in [4.69, 9.17) is 14.2 Å². The minimum absolute atomic E-state index is 0.0146. The number of nitro groups is 1. The van der Waals surface area contributed by atoms with Gasteiger partial charge in [0.2, 0.25) is 11.5 Å². The lowest BCUT2D eigenvalue weighted by molar-refractivity contribution is -0.385. The van der Waals surface area contributed by atoms with E-state index in [0.29, 0.717) is 33.9 Å². The quantitative estimate of drug-likeness (QED) is 0.378. The molecule has 1 aromatic heterocycles. The van der Waals surface area contributed by atoms with Crippen LogP contribution in [0.3, 0.4) is 0 Å². The zero-order chi connectivity index (χ0) is 20.3. The summed E-state index contributed by atoms with van der Waals surface area (Å²) in [7, 11) is 4.50. The Morgan fingerprint density at radius 1 is 0.964 bits per heavy atom. The van der Waals surface area contributed by atoms with E-state index < -0.39 is 10.7 Å². The van der Waals surface area contributed by atoms with Gasteiger partial charge in [-0.1, -0.05) is 12.1 Å². The van der Waals surface area contributed by atoms with Crippen molar-refractivity contribution in [3.8, 4) is 28.4 Å². The molecule has 3 rings (SSSR count). The highest BCUT2D eigenvalue weighted by Crippen LogP contribution is 2.42. The third-order valence-electron chi connectivity index (χ3n) is 4.31. The van der Waals surface area contributed by atoms with Gasteiger partial charge in [-0.15, -0.1) is 0 Å². The van der Waals surface area contributed by atoms with Gasteiger partial charge in [0.1, 0.15) is 5.56 Å². The lowest BCUT2D eigenvalue weighted by Crippen LogP contribution is -2.05. The predicted molar refractivity (Wildman–Crippen MR) is 102 cm³/mol. The molecule has 1 heterocycles. The average molecular weight is 382 g/mol. The van der Waals surface area contributed by atoms with Crippen LogP contribution in [0.5, 0.6) is 17.2 Å². The lowest BCUT2D eigenvalue weighted by atomic mass is 9.96. The number of benzene rings is 2. The number of ketones is 1. The molecule has 0 bridgehead atoms. The second-order valence-corrected chi connectivity index (χ2v) is 5.80. The number of nitrogens with zero attached hydrogens (tertiary/aromatic N) is 1. The molecular weight excluding hydrogens is 364 g/mol. The normalized spacial score (nSPS) is 10.4. The van der Waals surface area contributed by atoms with Crippen molar-refractivity contribution in [2.45, 2.75) is 0 Å². The van der Waals surface area contributed by atoms with Crippen LogP contribution in [0.1, 0.15) is 15.9 Å². The maximum atomic E-state index is 13.0. The zero-order valence-electron chi connectivity index (χ0n) is 15.5. The molecule has 0 aliphatic heterocycles. The summed E-state index contributed by atoms with van der Waals surface area (Å²) < 4.78 is 16.0. The Kier molecular flexibility index (Phi) is 5.30. The first-order chi connectivity index (χ1) is 13.5. The van der Waals surface area contributed by atoms with Crippen LogP contribution in [0.4, 0.5) is 5.69 Å². The highest BCUT2D eigenvalue weighted by Gasteiger charge is 2.24. The molecule has 0 spiro atoms. The number of ether oxygens (including phenoxy) is 3.